The van der Waals surface area contributed by atoms with E-state index in [1.165, 1.54) is 17.5 Å². The molecule has 4 aromatic rings. The molecule has 0 saturated carbocycles. The maximum atomic E-state index is 11.2. The van der Waals surface area contributed by atoms with Crippen molar-refractivity contribution in [3.63, 3.8) is 0 Å². The monoisotopic (exact) mass is 417 g/mol. The molecular weight excluding hydrogens is 398 g/mol. The van der Waals surface area contributed by atoms with Crippen LogP contribution in [0.2, 0.25) is 0 Å². The lowest BCUT2D eigenvalue weighted by Crippen LogP contribution is -2.11. The van der Waals surface area contributed by atoms with Crippen LogP contribution in [0.3, 0.4) is 0 Å². The molecule has 4 rings (SSSR count). The van der Waals surface area contributed by atoms with Gasteiger partial charge in [-0.25, -0.2) is 15.0 Å². The number of aromatic nitrogens is 3. The Morgan fingerprint density at radius 2 is 1.93 bits per heavy atom. The summed E-state index contributed by atoms with van der Waals surface area (Å²) >= 11 is 1.53. The second-order valence-corrected chi connectivity index (χ2v) is 7.41. The van der Waals surface area contributed by atoms with E-state index in [1.807, 2.05) is 30.3 Å². The van der Waals surface area contributed by atoms with E-state index in [4.69, 9.17) is 15.5 Å². The Hall–Kier alpha value is -3.78. The first-order chi connectivity index (χ1) is 14.6. The smallest absolute Gasteiger partial charge is 0.250 e. The summed E-state index contributed by atoms with van der Waals surface area (Å²) in [6.45, 7) is 2.07. The maximum Gasteiger partial charge on any atom is 0.250 e. The molecule has 0 aliphatic heterocycles. The molecule has 3 heterocycles. The van der Waals surface area contributed by atoms with Crippen LogP contribution >= 0.6 is 11.3 Å². The Balaban J connectivity index is 1.56. The van der Waals surface area contributed by atoms with Crippen LogP contribution in [0.15, 0.2) is 67.0 Å². The molecular formula is C22H19N5O2S. The molecule has 0 spiro atoms. The van der Waals surface area contributed by atoms with Gasteiger partial charge in [0.2, 0.25) is 11.0 Å². The van der Waals surface area contributed by atoms with E-state index in [-0.39, 0.29) is 0 Å². The van der Waals surface area contributed by atoms with Crippen molar-refractivity contribution in [2.75, 3.05) is 5.32 Å². The van der Waals surface area contributed by atoms with Crippen molar-refractivity contribution in [3.05, 3.63) is 77.6 Å². The van der Waals surface area contributed by atoms with Crippen LogP contribution in [0.1, 0.15) is 22.3 Å². The molecule has 0 aliphatic carbocycles. The van der Waals surface area contributed by atoms with Gasteiger partial charge in [-0.15, -0.1) is 0 Å². The number of anilines is 2. The number of aryl methyl sites for hydroxylation is 1. The van der Waals surface area contributed by atoms with Gasteiger partial charge in [-0.05, 0) is 24.6 Å². The molecule has 7 nitrogen and oxygen atoms in total. The Morgan fingerprint density at radius 3 is 2.63 bits per heavy atom. The van der Waals surface area contributed by atoms with E-state index >= 15 is 0 Å². The molecule has 0 fully saturated rings. The summed E-state index contributed by atoms with van der Waals surface area (Å²) in [5.41, 5.74) is 7.42. The molecule has 30 heavy (non-hydrogen) atoms. The number of nitrogens with two attached hydrogens (primary N) is 1. The number of carbonyl (C=O) groups is 1. The molecule has 8 heteroatoms. The predicted molar refractivity (Wildman–Crippen MR) is 117 cm³/mol. The van der Waals surface area contributed by atoms with Gasteiger partial charge in [0.25, 0.3) is 0 Å². The predicted octanol–water partition coefficient (Wildman–Crippen LogP) is 4.80. The summed E-state index contributed by atoms with van der Waals surface area (Å²) in [6.07, 6.45) is 3.91. The molecule has 1 aromatic carbocycles. The van der Waals surface area contributed by atoms with Crippen LogP contribution in [-0.2, 0) is 6.42 Å². The number of benzene rings is 1. The second-order valence-electron chi connectivity index (χ2n) is 6.36. The molecule has 0 radical (unpaired) electrons. The van der Waals surface area contributed by atoms with Gasteiger partial charge in [0.1, 0.15) is 23.1 Å². The van der Waals surface area contributed by atoms with Crippen molar-refractivity contribution in [2.45, 2.75) is 13.3 Å². The Bertz CT molecular complexity index is 1160. The van der Waals surface area contributed by atoms with Crippen molar-refractivity contribution in [3.8, 4) is 22.1 Å². The first-order valence-electron chi connectivity index (χ1n) is 9.34. The van der Waals surface area contributed by atoms with Crippen molar-refractivity contribution in [1.29, 1.82) is 0 Å². The van der Waals surface area contributed by atoms with Crippen LogP contribution in [-0.4, -0.2) is 20.9 Å². The topological polar surface area (TPSA) is 103 Å². The normalized spacial score (nSPS) is 10.6. The fourth-order valence-corrected chi connectivity index (χ4v) is 3.64. The van der Waals surface area contributed by atoms with Gasteiger partial charge < -0.3 is 15.8 Å². The molecule has 3 N–H and O–H groups in total. The third kappa shape index (κ3) is 4.44. The molecule has 150 valence electrons. The van der Waals surface area contributed by atoms with Crippen LogP contribution in [0.25, 0.3) is 11.3 Å². The number of rotatable bonds is 7. The Kier molecular flexibility index (Phi) is 5.67. The van der Waals surface area contributed by atoms with E-state index < -0.39 is 5.91 Å². The van der Waals surface area contributed by atoms with E-state index in [0.717, 1.165) is 27.7 Å². The van der Waals surface area contributed by atoms with Crippen molar-refractivity contribution >= 4 is 28.9 Å². The second kappa shape index (κ2) is 8.71. The van der Waals surface area contributed by atoms with Crippen LogP contribution in [0.4, 0.5) is 11.6 Å². The Labute approximate surface area is 177 Å². The number of pyridine rings is 2. The average molecular weight is 417 g/mol. The Morgan fingerprint density at radius 1 is 1.10 bits per heavy atom. The minimum Gasteiger partial charge on any atom is -0.444 e. The standard InChI is InChI=1S/C22H19N5O2S/c1-2-19-27-20(14-6-4-3-5-7-14)22(30-19)29-16-10-11-24-18(12-16)26-17-9-8-15(13-25-17)21(23)28/h3-13H,2H2,1H3,(H2,23,28)(H,24,25,26). The van der Waals surface area contributed by atoms with E-state index in [1.54, 1.807) is 30.5 Å². The fourth-order valence-electron chi connectivity index (χ4n) is 2.74. The highest BCUT2D eigenvalue weighted by molar-refractivity contribution is 7.14. The summed E-state index contributed by atoms with van der Waals surface area (Å²) < 4.78 is 6.17. The first kappa shape index (κ1) is 19.5. The lowest BCUT2D eigenvalue weighted by atomic mass is 10.2. The highest BCUT2D eigenvalue weighted by atomic mass is 32.1. The van der Waals surface area contributed by atoms with Gasteiger partial charge in [0.15, 0.2) is 0 Å². The van der Waals surface area contributed by atoms with Gasteiger partial charge in [-0.2, -0.15) is 0 Å². The molecule has 0 aliphatic rings. The third-order valence-electron chi connectivity index (χ3n) is 4.24. The quantitative estimate of drug-likeness (QED) is 0.448. The summed E-state index contributed by atoms with van der Waals surface area (Å²) in [6, 6.07) is 16.8. The zero-order valence-electron chi connectivity index (χ0n) is 16.2. The van der Waals surface area contributed by atoms with Gasteiger partial charge in [-0.1, -0.05) is 48.6 Å². The molecule has 0 unspecified atom stereocenters. The van der Waals surface area contributed by atoms with Gasteiger partial charge in [-0.3, -0.25) is 4.79 Å². The number of thiazole rings is 1. The largest absolute Gasteiger partial charge is 0.444 e. The number of nitrogens with one attached hydrogen (secondary N) is 1. The number of carbonyl (C=O) groups excluding carboxylic acids is 1. The minimum absolute atomic E-state index is 0.343. The zero-order valence-corrected chi connectivity index (χ0v) is 17.0. The van der Waals surface area contributed by atoms with Crippen LogP contribution in [0.5, 0.6) is 10.8 Å². The zero-order chi connectivity index (χ0) is 20.9. The SMILES string of the molecule is CCc1nc(-c2ccccc2)c(Oc2ccnc(Nc3ccc(C(N)=O)cn3)c2)s1. The highest BCUT2D eigenvalue weighted by Gasteiger charge is 2.15. The molecule has 3 aromatic heterocycles. The van der Waals surface area contributed by atoms with E-state index in [0.29, 0.717) is 22.9 Å². The first-order valence-corrected chi connectivity index (χ1v) is 10.2. The number of primary amides is 1. The summed E-state index contributed by atoms with van der Waals surface area (Å²) in [5, 5.41) is 4.84. The summed E-state index contributed by atoms with van der Waals surface area (Å²) in [7, 11) is 0. The van der Waals surface area contributed by atoms with Gasteiger partial charge in [0.05, 0.1) is 10.6 Å². The van der Waals surface area contributed by atoms with Crippen LogP contribution in [0, 0.1) is 0 Å². The molecule has 0 bridgehead atoms. The van der Waals surface area contributed by atoms with Crippen molar-refractivity contribution < 1.29 is 9.53 Å². The number of hydrogen-bond acceptors (Lipinski definition) is 7. The molecule has 1 amide bonds. The lowest BCUT2D eigenvalue weighted by molar-refractivity contribution is 0.1000. The number of ether oxygens (including phenoxy) is 1. The molecule has 0 atom stereocenters. The lowest BCUT2D eigenvalue weighted by Gasteiger charge is -2.08. The van der Waals surface area contributed by atoms with E-state index in [2.05, 4.69) is 22.2 Å². The van der Waals surface area contributed by atoms with Gasteiger partial charge >= 0.3 is 0 Å². The molecule has 0 saturated heterocycles. The fraction of sp³-hybridized carbons (Fsp3) is 0.0909. The maximum absolute atomic E-state index is 11.2. The van der Waals surface area contributed by atoms with Gasteiger partial charge in [0, 0.05) is 24.0 Å². The van der Waals surface area contributed by atoms with Crippen molar-refractivity contribution in [2.24, 2.45) is 5.73 Å². The minimum atomic E-state index is -0.521. The number of hydrogen-bond donors (Lipinski definition) is 2. The van der Waals surface area contributed by atoms with Crippen LogP contribution < -0.4 is 15.8 Å². The number of amides is 1. The average Bonchev–Trinajstić information content (AvgIpc) is 3.18. The number of nitrogens with zero attached hydrogens (tertiary/aromatic N) is 3. The highest BCUT2D eigenvalue weighted by Crippen LogP contribution is 2.38. The van der Waals surface area contributed by atoms with E-state index in [9.17, 15) is 4.79 Å². The third-order valence-corrected chi connectivity index (χ3v) is 5.31. The van der Waals surface area contributed by atoms with Crippen molar-refractivity contribution in [1.82, 2.24) is 15.0 Å². The summed E-state index contributed by atoms with van der Waals surface area (Å²) in [4.78, 5) is 24.4. The summed E-state index contributed by atoms with van der Waals surface area (Å²) in [5.74, 6) is 1.21.